The molecule has 0 bridgehead atoms. The van der Waals surface area contributed by atoms with Crippen molar-refractivity contribution in [2.24, 2.45) is 0 Å². The number of hydrogen-bond donors (Lipinski definition) is 2. The van der Waals surface area contributed by atoms with Gasteiger partial charge in [0.2, 0.25) is 5.91 Å². The molecule has 88 valence electrons. The van der Waals surface area contributed by atoms with Crippen LogP contribution in [0.25, 0.3) is 11.0 Å². The van der Waals surface area contributed by atoms with Gasteiger partial charge in [-0.1, -0.05) is 0 Å². The fraction of sp³-hybridized carbons (Fsp3) is 0.333. The largest absolute Gasteiger partial charge is 0.346 e. The van der Waals surface area contributed by atoms with Crippen LogP contribution in [0.3, 0.4) is 0 Å². The van der Waals surface area contributed by atoms with E-state index in [1.807, 2.05) is 23.4 Å². The summed E-state index contributed by atoms with van der Waals surface area (Å²) >= 11 is 4.34. The van der Waals surface area contributed by atoms with Crippen molar-refractivity contribution in [1.82, 2.24) is 14.9 Å². The summed E-state index contributed by atoms with van der Waals surface area (Å²) in [6.45, 7) is 1.36. The maximum atomic E-state index is 11.7. The number of aromatic amines is 1. The van der Waals surface area contributed by atoms with Gasteiger partial charge in [0, 0.05) is 42.5 Å². The molecular weight excluding hydrogens is 234 g/mol. The number of carbonyl (C=O) groups is 1. The molecule has 1 amide bonds. The Bertz CT molecular complexity index is 566. The zero-order chi connectivity index (χ0) is 11.8. The zero-order valence-electron chi connectivity index (χ0n) is 9.26. The van der Waals surface area contributed by atoms with Crippen LogP contribution in [0.5, 0.6) is 0 Å². The van der Waals surface area contributed by atoms with E-state index in [2.05, 4.69) is 28.7 Å². The molecule has 0 radical (unpaired) electrons. The second-order valence-corrected chi connectivity index (χ2v) is 5.12. The van der Waals surface area contributed by atoms with Crippen LogP contribution < -0.4 is 0 Å². The molecule has 0 spiro atoms. The number of nitrogens with one attached hydrogen (secondary N) is 1. The number of nitrogens with zero attached hydrogens (tertiary/aromatic N) is 2. The second kappa shape index (κ2) is 4.07. The number of aromatic nitrogens is 2. The predicted molar refractivity (Wildman–Crippen MR) is 68.9 cm³/mol. The van der Waals surface area contributed by atoms with Crippen LogP contribution in [-0.4, -0.2) is 32.6 Å². The van der Waals surface area contributed by atoms with E-state index in [9.17, 15) is 4.79 Å². The predicted octanol–water partition coefficient (Wildman–Crippen LogP) is 1.59. The Morgan fingerprint density at radius 1 is 1.59 bits per heavy atom. The van der Waals surface area contributed by atoms with Crippen molar-refractivity contribution >= 4 is 29.6 Å². The van der Waals surface area contributed by atoms with Gasteiger partial charge in [-0.05, 0) is 17.7 Å². The maximum Gasteiger partial charge on any atom is 0.224 e. The monoisotopic (exact) mass is 247 g/mol. The van der Waals surface area contributed by atoms with Crippen molar-refractivity contribution in [3.8, 4) is 0 Å². The third-order valence-corrected chi connectivity index (χ3v) is 3.37. The normalized spacial score (nSPS) is 20.4. The van der Waals surface area contributed by atoms with Gasteiger partial charge in [-0.2, -0.15) is 12.6 Å². The molecule has 3 rings (SSSR count). The molecule has 1 aliphatic heterocycles. The molecule has 1 aliphatic rings. The van der Waals surface area contributed by atoms with Crippen molar-refractivity contribution < 1.29 is 4.79 Å². The first-order valence-electron chi connectivity index (χ1n) is 5.60. The molecule has 4 nitrogen and oxygen atoms in total. The molecule has 1 fully saturated rings. The first-order chi connectivity index (χ1) is 8.22. The van der Waals surface area contributed by atoms with Crippen molar-refractivity contribution in [3.63, 3.8) is 0 Å². The molecule has 1 N–H and O–H groups in total. The van der Waals surface area contributed by atoms with Crippen molar-refractivity contribution in [2.45, 2.75) is 18.2 Å². The van der Waals surface area contributed by atoms with Crippen LogP contribution in [-0.2, 0) is 11.3 Å². The van der Waals surface area contributed by atoms with Crippen LogP contribution in [0.15, 0.2) is 24.5 Å². The highest BCUT2D eigenvalue weighted by molar-refractivity contribution is 7.81. The smallest absolute Gasteiger partial charge is 0.224 e. The van der Waals surface area contributed by atoms with Gasteiger partial charge in [0.1, 0.15) is 5.65 Å². The van der Waals surface area contributed by atoms with Crippen LogP contribution in [0, 0.1) is 0 Å². The average Bonchev–Trinajstić information content (AvgIpc) is 2.85. The van der Waals surface area contributed by atoms with E-state index in [1.165, 1.54) is 0 Å². The molecule has 2 aromatic rings. The number of rotatable bonds is 2. The summed E-state index contributed by atoms with van der Waals surface area (Å²) in [5, 5.41) is 1.25. The molecule has 2 aromatic heterocycles. The Morgan fingerprint density at radius 2 is 2.47 bits per heavy atom. The quantitative estimate of drug-likeness (QED) is 0.792. The number of carbonyl (C=O) groups excluding carboxylic acids is 1. The molecule has 0 aliphatic carbocycles. The number of pyridine rings is 1. The molecule has 0 aromatic carbocycles. The minimum Gasteiger partial charge on any atom is -0.346 e. The van der Waals surface area contributed by atoms with Crippen molar-refractivity contribution in [1.29, 1.82) is 0 Å². The third kappa shape index (κ3) is 2.02. The molecule has 0 saturated carbocycles. The van der Waals surface area contributed by atoms with Gasteiger partial charge < -0.3 is 9.88 Å². The van der Waals surface area contributed by atoms with Crippen LogP contribution in [0.2, 0.25) is 0 Å². The molecular formula is C12H13N3OS. The SMILES string of the molecule is O=C1CC(S)CN1Cc1cnc2[nH]ccc2c1. The number of fused-ring (bicyclic) bond motifs is 1. The van der Waals surface area contributed by atoms with Crippen molar-refractivity contribution in [2.75, 3.05) is 6.54 Å². The van der Waals surface area contributed by atoms with Gasteiger partial charge in [0.05, 0.1) is 0 Å². The molecule has 1 atom stereocenters. The van der Waals surface area contributed by atoms with E-state index >= 15 is 0 Å². The topological polar surface area (TPSA) is 49.0 Å². The Kier molecular flexibility index (Phi) is 2.55. The summed E-state index contributed by atoms with van der Waals surface area (Å²) in [7, 11) is 0. The lowest BCUT2D eigenvalue weighted by Gasteiger charge is -2.15. The van der Waals surface area contributed by atoms with E-state index < -0.39 is 0 Å². The standard InChI is InChI=1S/C12H13N3OS/c16-11-4-10(17)7-15(11)6-8-3-9-1-2-13-12(9)14-5-8/h1-3,5,10,17H,4,6-7H2,(H,13,14). The summed E-state index contributed by atoms with van der Waals surface area (Å²) in [6.07, 6.45) is 4.23. The van der Waals surface area contributed by atoms with E-state index in [-0.39, 0.29) is 11.2 Å². The summed E-state index contributed by atoms with van der Waals surface area (Å²) in [5.41, 5.74) is 1.95. The van der Waals surface area contributed by atoms with E-state index in [1.54, 1.807) is 0 Å². The van der Waals surface area contributed by atoms with Gasteiger partial charge in [-0.25, -0.2) is 4.98 Å². The molecule has 5 heteroatoms. The highest BCUT2D eigenvalue weighted by Crippen LogP contribution is 2.19. The zero-order valence-corrected chi connectivity index (χ0v) is 10.2. The highest BCUT2D eigenvalue weighted by Gasteiger charge is 2.26. The first-order valence-corrected chi connectivity index (χ1v) is 6.12. The van der Waals surface area contributed by atoms with E-state index in [0.717, 1.165) is 23.1 Å². The van der Waals surface area contributed by atoms with E-state index in [4.69, 9.17) is 0 Å². The minimum atomic E-state index is 0.173. The second-order valence-electron chi connectivity index (χ2n) is 4.39. The van der Waals surface area contributed by atoms with Gasteiger partial charge in [-0.3, -0.25) is 4.79 Å². The number of amides is 1. The van der Waals surface area contributed by atoms with Crippen LogP contribution >= 0.6 is 12.6 Å². The van der Waals surface area contributed by atoms with Gasteiger partial charge in [0.15, 0.2) is 0 Å². The number of thiol groups is 1. The lowest BCUT2D eigenvalue weighted by atomic mass is 10.2. The lowest BCUT2D eigenvalue weighted by Crippen LogP contribution is -2.24. The number of likely N-dealkylation sites (tertiary alicyclic amines) is 1. The maximum absolute atomic E-state index is 11.7. The van der Waals surface area contributed by atoms with Gasteiger partial charge >= 0.3 is 0 Å². The molecule has 1 saturated heterocycles. The number of hydrogen-bond acceptors (Lipinski definition) is 3. The van der Waals surface area contributed by atoms with Crippen LogP contribution in [0.1, 0.15) is 12.0 Å². The fourth-order valence-corrected chi connectivity index (χ4v) is 2.55. The summed E-state index contributed by atoms with van der Waals surface area (Å²) in [6, 6.07) is 4.05. The van der Waals surface area contributed by atoms with E-state index in [0.29, 0.717) is 13.0 Å². The molecule has 3 heterocycles. The van der Waals surface area contributed by atoms with Crippen molar-refractivity contribution in [3.05, 3.63) is 30.1 Å². The Balaban J connectivity index is 1.82. The lowest BCUT2D eigenvalue weighted by molar-refractivity contribution is -0.128. The first kappa shape index (κ1) is 10.7. The summed E-state index contributed by atoms with van der Waals surface area (Å²) in [4.78, 5) is 20.9. The summed E-state index contributed by atoms with van der Waals surface area (Å²) < 4.78 is 0. The average molecular weight is 247 g/mol. The highest BCUT2D eigenvalue weighted by atomic mass is 32.1. The minimum absolute atomic E-state index is 0.173. The van der Waals surface area contributed by atoms with Crippen LogP contribution in [0.4, 0.5) is 0 Å². The number of H-pyrrole nitrogens is 1. The van der Waals surface area contributed by atoms with Gasteiger partial charge in [-0.15, -0.1) is 0 Å². The Hall–Kier alpha value is -1.49. The summed E-state index contributed by atoms with van der Waals surface area (Å²) in [5.74, 6) is 0.180. The molecule has 17 heavy (non-hydrogen) atoms. The van der Waals surface area contributed by atoms with Gasteiger partial charge in [0.25, 0.3) is 0 Å². The Labute approximate surface area is 104 Å². The third-order valence-electron chi connectivity index (χ3n) is 3.02. The Morgan fingerprint density at radius 3 is 3.24 bits per heavy atom. The fourth-order valence-electron chi connectivity index (χ4n) is 2.20. The molecule has 1 unspecified atom stereocenters.